The van der Waals surface area contributed by atoms with Gasteiger partial charge in [0.15, 0.2) is 0 Å². The number of aliphatic carboxylic acids is 1. The second kappa shape index (κ2) is 6.16. The molecule has 1 fully saturated rings. The average molecular weight is 193 g/mol. The Kier molecular flexibility index (Phi) is 4.72. The van der Waals surface area contributed by atoms with Crippen LogP contribution in [0.5, 0.6) is 0 Å². The smallest absolute Gasteiger partial charge is 0.307 e. The Morgan fingerprint density at radius 1 is 1.14 bits per heavy atom. The normalized spacial score (nSPS) is 19.6. The molecule has 3 heteroatoms. The summed E-state index contributed by atoms with van der Waals surface area (Å²) in [4.78, 5) is 10.2. The van der Waals surface area contributed by atoms with Crippen LogP contribution in [0.4, 0.5) is 0 Å². The molecule has 1 aliphatic rings. The predicted octanol–water partition coefficient (Wildman–Crippen LogP) is 1.37. The van der Waals surface area contributed by atoms with Crippen molar-refractivity contribution in [2.75, 3.05) is 13.1 Å². The number of carboxylic acid groups (broad SMARTS) is 1. The molecule has 1 heterocycles. The van der Waals surface area contributed by atoms with Crippen LogP contribution < -0.4 is 5.32 Å². The van der Waals surface area contributed by atoms with Gasteiger partial charge in [-0.15, -0.1) is 0 Å². The number of carboxylic acids is 1. The van der Waals surface area contributed by atoms with Gasteiger partial charge in [-0.05, 0) is 13.0 Å². The summed E-state index contributed by atoms with van der Waals surface area (Å²) < 4.78 is 0. The minimum atomic E-state index is -0.671. The lowest BCUT2D eigenvalue weighted by Gasteiger charge is -1.96. The van der Waals surface area contributed by atoms with Gasteiger partial charge in [0.05, 0.1) is 5.92 Å². The highest BCUT2D eigenvalue weighted by Crippen LogP contribution is 2.05. The van der Waals surface area contributed by atoms with E-state index < -0.39 is 5.97 Å². The fourth-order valence-corrected chi connectivity index (χ4v) is 1.25. The number of nitrogens with one attached hydrogen (secondary N) is 1. The van der Waals surface area contributed by atoms with Crippen molar-refractivity contribution in [3.8, 4) is 0 Å². The molecule has 0 aromatic heterocycles. The Morgan fingerprint density at radius 2 is 1.64 bits per heavy atom. The lowest BCUT2D eigenvalue weighted by atomic mass is 10.1. The third kappa shape index (κ3) is 4.05. The zero-order valence-corrected chi connectivity index (χ0v) is 8.02. The zero-order valence-electron chi connectivity index (χ0n) is 8.02. The van der Waals surface area contributed by atoms with E-state index in [0.29, 0.717) is 6.54 Å². The molecule has 1 atom stereocenters. The summed E-state index contributed by atoms with van der Waals surface area (Å²) in [5.74, 6) is -0.801. The first-order chi connectivity index (χ1) is 6.80. The molecule has 0 bridgehead atoms. The highest BCUT2D eigenvalue weighted by atomic mass is 16.4. The molecular weight excluding hydrogens is 178 g/mol. The fourth-order valence-electron chi connectivity index (χ4n) is 1.25. The van der Waals surface area contributed by atoms with Gasteiger partial charge < -0.3 is 10.4 Å². The van der Waals surface area contributed by atoms with Crippen LogP contribution in [-0.4, -0.2) is 24.2 Å². The second-order valence-corrected chi connectivity index (χ2v) is 3.18. The van der Waals surface area contributed by atoms with Crippen LogP contribution in [0.1, 0.15) is 6.42 Å². The molecule has 1 saturated heterocycles. The number of carbonyl (C=O) groups is 1. The van der Waals surface area contributed by atoms with Gasteiger partial charge in [-0.25, -0.2) is 0 Å². The SMILES string of the molecule is O=C(O)[C@H]1CCNC1.c1ccccc1. The average Bonchev–Trinajstić information content (AvgIpc) is 2.74. The molecule has 2 N–H and O–H groups in total. The highest BCUT2D eigenvalue weighted by Gasteiger charge is 2.20. The largest absolute Gasteiger partial charge is 0.481 e. The molecule has 0 radical (unpaired) electrons. The maximum Gasteiger partial charge on any atom is 0.307 e. The van der Waals surface area contributed by atoms with Crippen molar-refractivity contribution in [1.29, 1.82) is 0 Å². The topological polar surface area (TPSA) is 49.3 Å². The molecule has 0 saturated carbocycles. The number of hydrogen-bond acceptors (Lipinski definition) is 2. The van der Waals surface area contributed by atoms with Crippen molar-refractivity contribution < 1.29 is 9.90 Å². The van der Waals surface area contributed by atoms with Gasteiger partial charge in [-0.2, -0.15) is 0 Å². The van der Waals surface area contributed by atoms with Gasteiger partial charge >= 0.3 is 5.97 Å². The Morgan fingerprint density at radius 3 is 1.86 bits per heavy atom. The summed E-state index contributed by atoms with van der Waals surface area (Å²) in [6.07, 6.45) is 0.787. The van der Waals surface area contributed by atoms with Gasteiger partial charge in [-0.3, -0.25) is 4.79 Å². The minimum Gasteiger partial charge on any atom is -0.481 e. The van der Waals surface area contributed by atoms with Crippen LogP contribution in [-0.2, 0) is 4.79 Å². The van der Waals surface area contributed by atoms with Crippen LogP contribution in [0.2, 0.25) is 0 Å². The van der Waals surface area contributed by atoms with E-state index in [2.05, 4.69) is 5.32 Å². The number of hydrogen-bond donors (Lipinski definition) is 2. The number of benzene rings is 1. The number of rotatable bonds is 1. The maximum absolute atomic E-state index is 10.2. The van der Waals surface area contributed by atoms with E-state index in [9.17, 15) is 4.79 Å². The van der Waals surface area contributed by atoms with Gasteiger partial charge in [0, 0.05) is 6.54 Å². The van der Waals surface area contributed by atoms with Crippen LogP contribution in [0.25, 0.3) is 0 Å². The molecule has 1 aromatic carbocycles. The summed E-state index contributed by atoms with van der Waals surface area (Å²) >= 11 is 0. The van der Waals surface area contributed by atoms with E-state index in [-0.39, 0.29) is 5.92 Å². The second-order valence-electron chi connectivity index (χ2n) is 3.18. The first-order valence-corrected chi connectivity index (χ1v) is 4.74. The summed E-state index contributed by atoms with van der Waals surface area (Å²) in [7, 11) is 0. The van der Waals surface area contributed by atoms with Crippen molar-refractivity contribution in [2.24, 2.45) is 5.92 Å². The van der Waals surface area contributed by atoms with Crippen LogP contribution in [0.15, 0.2) is 36.4 Å². The molecule has 1 aromatic rings. The van der Waals surface area contributed by atoms with Crippen LogP contribution in [0.3, 0.4) is 0 Å². The van der Waals surface area contributed by atoms with Crippen molar-refractivity contribution in [1.82, 2.24) is 5.32 Å². The molecule has 0 amide bonds. The third-order valence-electron chi connectivity index (χ3n) is 2.08. The predicted molar refractivity (Wildman–Crippen MR) is 55.1 cm³/mol. The molecule has 0 aliphatic carbocycles. The third-order valence-corrected chi connectivity index (χ3v) is 2.08. The molecule has 0 unspecified atom stereocenters. The van der Waals surface area contributed by atoms with E-state index in [1.54, 1.807) is 0 Å². The molecule has 3 nitrogen and oxygen atoms in total. The highest BCUT2D eigenvalue weighted by molar-refractivity contribution is 5.70. The molecule has 76 valence electrons. The first-order valence-electron chi connectivity index (χ1n) is 4.74. The van der Waals surface area contributed by atoms with E-state index in [1.807, 2.05) is 36.4 Å². The Hall–Kier alpha value is -1.35. The summed E-state index contributed by atoms with van der Waals surface area (Å²) in [6, 6.07) is 12.0. The van der Waals surface area contributed by atoms with Crippen LogP contribution >= 0.6 is 0 Å². The van der Waals surface area contributed by atoms with E-state index in [1.165, 1.54) is 0 Å². The molecule has 14 heavy (non-hydrogen) atoms. The lowest BCUT2D eigenvalue weighted by Crippen LogP contribution is -2.16. The van der Waals surface area contributed by atoms with Crippen molar-refractivity contribution in [2.45, 2.75) is 6.42 Å². The zero-order chi connectivity index (χ0) is 10.2. The van der Waals surface area contributed by atoms with Crippen molar-refractivity contribution in [3.05, 3.63) is 36.4 Å². The van der Waals surface area contributed by atoms with Gasteiger partial charge in [-0.1, -0.05) is 36.4 Å². The molecule has 2 rings (SSSR count). The van der Waals surface area contributed by atoms with E-state index >= 15 is 0 Å². The maximum atomic E-state index is 10.2. The van der Waals surface area contributed by atoms with E-state index in [4.69, 9.17) is 5.11 Å². The standard InChI is InChI=1S/C6H6.C5H9NO2/c1-2-4-6-5-3-1;7-5(8)4-1-2-6-3-4/h1-6H;4,6H,1-3H2,(H,7,8)/t;4-/m.0/s1. The summed E-state index contributed by atoms with van der Waals surface area (Å²) in [5, 5.41) is 11.3. The first kappa shape index (κ1) is 10.7. The Balaban J connectivity index is 0.000000146. The fraction of sp³-hybridized carbons (Fsp3) is 0.364. The molecule has 0 spiro atoms. The lowest BCUT2D eigenvalue weighted by molar-refractivity contribution is -0.140. The summed E-state index contributed by atoms with van der Waals surface area (Å²) in [6.45, 7) is 1.51. The van der Waals surface area contributed by atoms with Gasteiger partial charge in [0.1, 0.15) is 0 Å². The van der Waals surface area contributed by atoms with Gasteiger partial charge in [0.2, 0.25) is 0 Å². The van der Waals surface area contributed by atoms with Gasteiger partial charge in [0.25, 0.3) is 0 Å². The summed E-state index contributed by atoms with van der Waals surface area (Å²) in [5.41, 5.74) is 0. The van der Waals surface area contributed by atoms with E-state index in [0.717, 1.165) is 13.0 Å². The Labute approximate surface area is 83.8 Å². The van der Waals surface area contributed by atoms with Crippen LogP contribution in [0, 0.1) is 5.92 Å². The quantitative estimate of drug-likeness (QED) is 0.708. The monoisotopic (exact) mass is 193 g/mol. The van der Waals surface area contributed by atoms with Crippen molar-refractivity contribution in [3.63, 3.8) is 0 Å². The minimum absolute atomic E-state index is 0.130. The molecule has 1 aliphatic heterocycles. The Bertz CT molecular complexity index is 229. The molecular formula is C11H15NO2. The van der Waals surface area contributed by atoms with Crippen molar-refractivity contribution >= 4 is 5.97 Å².